The zero-order valence-electron chi connectivity index (χ0n) is 17.6. The van der Waals surface area contributed by atoms with Gasteiger partial charge in [0.25, 0.3) is 11.1 Å². The van der Waals surface area contributed by atoms with Gasteiger partial charge in [0.1, 0.15) is 11.6 Å². The molecule has 0 spiro atoms. The second-order valence-electron chi connectivity index (χ2n) is 7.30. The Bertz CT molecular complexity index is 1210. The topological polar surface area (TPSA) is 77.2 Å². The van der Waals surface area contributed by atoms with Crippen LogP contribution in [0.1, 0.15) is 37.4 Å². The van der Waals surface area contributed by atoms with Gasteiger partial charge in [-0.2, -0.15) is 0 Å². The second kappa shape index (κ2) is 9.82. The van der Waals surface area contributed by atoms with Crippen molar-refractivity contribution in [2.24, 2.45) is 0 Å². The van der Waals surface area contributed by atoms with Gasteiger partial charge in [-0.1, -0.05) is 48.2 Å². The molecule has 0 aliphatic rings. The number of hydrogen-bond acceptors (Lipinski definition) is 6. The van der Waals surface area contributed by atoms with Crippen LogP contribution < -0.4 is 10.1 Å². The number of amides is 1. The Morgan fingerprint density at radius 1 is 1.06 bits per heavy atom. The number of thioether (sulfide) groups is 1. The second-order valence-corrected chi connectivity index (χ2v) is 8.23. The molecule has 0 bridgehead atoms. The number of carbonyl (C=O) groups is 1. The first kappa shape index (κ1) is 21.8. The van der Waals surface area contributed by atoms with E-state index in [1.807, 2.05) is 25.1 Å². The van der Waals surface area contributed by atoms with E-state index in [1.54, 1.807) is 6.92 Å². The van der Waals surface area contributed by atoms with Crippen molar-refractivity contribution < 1.29 is 18.3 Å². The van der Waals surface area contributed by atoms with Crippen molar-refractivity contribution in [3.05, 3.63) is 84.0 Å². The Kier molecular flexibility index (Phi) is 6.70. The van der Waals surface area contributed by atoms with Crippen molar-refractivity contribution in [3.63, 3.8) is 0 Å². The van der Waals surface area contributed by atoms with Crippen LogP contribution in [0.3, 0.4) is 0 Å². The van der Waals surface area contributed by atoms with Crippen LogP contribution in [0.15, 0.2) is 76.4 Å². The molecule has 1 amide bonds. The van der Waals surface area contributed by atoms with E-state index in [0.29, 0.717) is 5.75 Å². The fourth-order valence-electron chi connectivity index (χ4n) is 3.18. The van der Waals surface area contributed by atoms with Crippen LogP contribution in [-0.4, -0.2) is 21.9 Å². The van der Waals surface area contributed by atoms with Crippen LogP contribution in [0.25, 0.3) is 10.8 Å². The molecule has 0 radical (unpaired) electrons. The number of benzene rings is 3. The van der Waals surface area contributed by atoms with Crippen LogP contribution in [0.4, 0.5) is 4.39 Å². The molecule has 4 rings (SSSR count). The molecule has 3 aromatic carbocycles. The van der Waals surface area contributed by atoms with Gasteiger partial charge in [-0.3, -0.25) is 4.79 Å². The van der Waals surface area contributed by atoms with Crippen LogP contribution in [-0.2, 0) is 4.79 Å². The zero-order chi connectivity index (χ0) is 22.5. The number of aromatic nitrogens is 2. The van der Waals surface area contributed by atoms with E-state index < -0.39 is 6.10 Å². The molecule has 32 heavy (non-hydrogen) atoms. The SMILES string of the molecule is CC(NC(=O)CSc1nnc(C(C)Oc2ccc(F)cc2)o1)c1ccc2ccccc2c1. The largest absolute Gasteiger partial charge is 0.481 e. The highest BCUT2D eigenvalue weighted by molar-refractivity contribution is 7.99. The number of halogens is 1. The van der Waals surface area contributed by atoms with Crippen LogP contribution in [0.2, 0.25) is 0 Å². The number of fused-ring (bicyclic) bond motifs is 1. The molecule has 1 aromatic heterocycles. The smallest absolute Gasteiger partial charge is 0.277 e. The summed E-state index contributed by atoms with van der Waals surface area (Å²) in [4.78, 5) is 12.4. The first-order valence-electron chi connectivity index (χ1n) is 10.1. The number of ether oxygens (including phenoxy) is 1. The van der Waals surface area contributed by atoms with Gasteiger partial charge in [-0.15, -0.1) is 10.2 Å². The molecule has 164 valence electrons. The van der Waals surface area contributed by atoms with Crippen molar-refractivity contribution >= 4 is 28.4 Å². The number of nitrogens with one attached hydrogen (secondary N) is 1. The van der Waals surface area contributed by atoms with Gasteiger partial charge in [0.05, 0.1) is 11.8 Å². The minimum atomic E-state index is -0.510. The molecule has 0 aliphatic carbocycles. The maximum absolute atomic E-state index is 13.0. The minimum Gasteiger partial charge on any atom is -0.481 e. The molecule has 2 unspecified atom stereocenters. The predicted octanol–water partition coefficient (Wildman–Crippen LogP) is 5.47. The minimum absolute atomic E-state index is 0.130. The highest BCUT2D eigenvalue weighted by atomic mass is 32.2. The number of nitrogens with zero attached hydrogens (tertiary/aromatic N) is 2. The summed E-state index contributed by atoms with van der Waals surface area (Å²) in [6, 6.07) is 19.8. The molecular formula is C24H22FN3O3S. The van der Waals surface area contributed by atoms with Gasteiger partial charge in [-0.05, 0) is 60.5 Å². The van der Waals surface area contributed by atoms with Gasteiger partial charge in [0.15, 0.2) is 6.10 Å². The summed E-state index contributed by atoms with van der Waals surface area (Å²) in [7, 11) is 0. The lowest BCUT2D eigenvalue weighted by molar-refractivity contribution is -0.119. The Balaban J connectivity index is 1.29. The third-order valence-electron chi connectivity index (χ3n) is 4.87. The molecule has 4 aromatic rings. The van der Waals surface area contributed by atoms with E-state index in [1.165, 1.54) is 24.3 Å². The summed E-state index contributed by atoms with van der Waals surface area (Å²) in [5.41, 5.74) is 1.04. The van der Waals surface area contributed by atoms with Crippen molar-refractivity contribution in [3.8, 4) is 5.75 Å². The fourth-order valence-corrected chi connectivity index (χ4v) is 3.76. The van der Waals surface area contributed by atoms with Crippen molar-refractivity contribution in [2.75, 3.05) is 5.75 Å². The number of hydrogen-bond donors (Lipinski definition) is 1. The zero-order valence-corrected chi connectivity index (χ0v) is 18.4. The Labute approximate surface area is 189 Å². The predicted molar refractivity (Wildman–Crippen MR) is 121 cm³/mol. The Morgan fingerprint density at radius 2 is 1.81 bits per heavy atom. The van der Waals surface area contributed by atoms with Crippen LogP contribution in [0.5, 0.6) is 5.75 Å². The fraction of sp³-hybridized carbons (Fsp3) is 0.208. The Morgan fingerprint density at radius 3 is 2.59 bits per heavy atom. The molecule has 1 N–H and O–H groups in total. The molecule has 0 saturated heterocycles. The molecule has 0 fully saturated rings. The van der Waals surface area contributed by atoms with Gasteiger partial charge in [0, 0.05) is 0 Å². The molecule has 0 aliphatic heterocycles. The molecule has 2 atom stereocenters. The highest BCUT2D eigenvalue weighted by Crippen LogP contribution is 2.25. The molecular weight excluding hydrogens is 429 g/mol. The van der Waals surface area contributed by atoms with Gasteiger partial charge in [0.2, 0.25) is 5.91 Å². The average Bonchev–Trinajstić information content (AvgIpc) is 3.28. The molecule has 0 saturated carbocycles. The van der Waals surface area contributed by atoms with Crippen molar-refractivity contribution in [2.45, 2.75) is 31.2 Å². The molecule has 8 heteroatoms. The van der Waals surface area contributed by atoms with Gasteiger partial charge < -0.3 is 14.5 Å². The molecule has 1 heterocycles. The third-order valence-corrected chi connectivity index (χ3v) is 5.69. The molecule has 6 nitrogen and oxygen atoms in total. The van der Waals surface area contributed by atoms with Gasteiger partial charge in [-0.25, -0.2) is 4.39 Å². The lowest BCUT2D eigenvalue weighted by atomic mass is 10.0. The summed E-state index contributed by atoms with van der Waals surface area (Å²) in [5, 5.41) is 13.5. The van der Waals surface area contributed by atoms with Crippen LogP contribution in [0, 0.1) is 5.82 Å². The first-order valence-corrected chi connectivity index (χ1v) is 11.1. The maximum atomic E-state index is 13.0. The summed E-state index contributed by atoms with van der Waals surface area (Å²) < 4.78 is 24.3. The summed E-state index contributed by atoms with van der Waals surface area (Å²) in [6.45, 7) is 3.70. The average molecular weight is 452 g/mol. The highest BCUT2D eigenvalue weighted by Gasteiger charge is 2.17. The van der Waals surface area contributed by atoms with Gasteiger partial charge >= 0.3 is 0 Å². The number of rotatable bonds is 8. The third kappa shape index (κ3) is 5.45. The van der Waals surface area contributed by atoms with E-state index in [2.05, 4.69) is 39.8 Å². The first-order chi connectivity index (χ1) is 15.5. The van der Waals surface area contributed by atoms with E-state index >= 15 is 0 Å². The van der Waals surface area contributed by atoms with E-state index in [4.69, 9.17) is 9.15 Å². The van der Waals surface area contributed by atoms with E-state index in [-0.39, 0.29) is 34.6 Å². The quantitative estimate of drug-likeness (QED) is 0.358. The maximum Gasteiger partial charge on any atom is 0.277 e. The monoisotopic (exact) mass is 451 g/mol. The lowest BCUT2D eigenvalue weighted by Gasteiger charge is -2.14. The Hall–Kier alpha value is -3.39. The lowest BCUT2D eigenvalue weighted by Crippen LogP contribution is -2.28. The van der Waals surface area contributed by atoms with Crippen molar-refractivity contribution in [1.82, 2.24) is 15.5 Å². The normalized spacial score (nSPS) is 13.0. The van der Waals surface area contributed by atoms with E-state index in [0.717, 1.165) is 28.1 Å². The van der Waals surface area contributed by atoms with E-state index in [9.17, 15) is 9.18 Å². The summed E-state index contributed by atoms with van der Waals surface area (Å²) in [6.07, 6.45) is -0.510. The van der Waals surface area contributed by atoms with Crippen molar-refractivity contribution in [1.29, 1.82) is 0 Å². The standard InChI is InChI=1S/C24H22FN3O3S/c1-15(18-8-7-17-5-3-4-6-19(17)13-18)26-22(29)14-32-24-28-27-23(31-24)16(2)30-21-11-9-20(25)10-12-21/h3-13,15-16H,14H2,1-2H3,(H,26,29). The number of carbonyl (C=O) groups excluding carboxylic acids is 1. The summed E-state index contributed by atoms with van der Waals surface area (Å²) >= 11 is 1.16. The van der Waals surface area contributed by atoms with Crippen LogP contribution >= 0.6 is 11.8 Å². The summed E-state index contributed by atoms with van der Waals surface area (Å²) in [5.74, 6) is 0.447.